The molecule has 3 heterocycles. The number of aromatic nitrogens is 2. The number of hydrogen-bond acceptors (Lipinski definition) is 5. The maximum Gasteiger partial charge on any atom is 0.332 e. The molecule has 3 rings (SSSR count). The van der Waals surface area contributed by atoms with E-state index in [0.29, 0.717) is 23.9 Å². The standard InChI is InChI=1S/C17H25N5O2/c1-11(2)22-12-5-6-13(22)10-21(8-7-12)15-14(9-18)16(23)20(4)17(24)19(15)3/h11-13H,5-8,10H2,1-4H3. The molecule has 2 aliphatic heterocycles. The first-order valence-electron chi connectivity index (χ1n) is 8.59. The molecule has 130 valence electrons. The van der Waals surface area contributed by atoms with Gasteiger partial charge in [0.2, 0.25) is 0 Å². The van der Waals surface area contributed by atoms with Gasteiger partial charge in [-0.15, -0.1) is 0 Å². The number of nitrogens with zero attached hydrogens (tertiary/aromatic N) is 5. The quantitative estimate of drug-likeness (QED) is 0.784. The predicted molar refractivity (Wildman–Crippen MR) is 92.3 cm³/mol. The first-order valence-corrected chi connectivity index (χ1v) is 8.59. The first-order chi connectivity index (χ1) is 11.4. The van der Waals surface area contributed by atoms with Crippen LogP contribution >= 0.6 is 0 Å². The third kappa shape index (κ3) is 2.46. The van der Waals surface area contributed by atoms with E-state index >= 15 is 0 Å². The van der Waals surface area contributed by atoms with Crippen molar-refractivity contribution >= 4 is 5.82 Å². The minimum atomic E-state index is -0.509. The lowest BCUT2D eigenvalue weighted by molar-refractivity contribution is 0.158. The maximum absolute atomic E-state index is 12.3. The van der Waals surface area contributed by atoms with Crippen LogP contribution in [0.5, 0.6) is 0 Å². The van der Waals surface area contributed by atoms with E-state index in [2.05, 4.69) is 23.6 Å². The molecule has 1 aromatic rings. The Morgan fingerprint density at radius 2 is 1.75 bits per heavy atom. The second kappa shape index (κ2) is 6.10. The van der Waals surface area contributed by atoms with Crippen LogP contribution in [0.3, 0.4) is 0 Å². The first kappa shape index (κ1) is 16.8. The third-order valence-electron chi connectivity index (χ3n) is 5.48. The van der Waals surface area contributed by atoms with Crippen LogP contribution in [0.15, 0.2) is 9.59 Å². The molecule has 0 aromatic carbocycles. The van der Waals surface area contributed by atoms with Crippen LogP contribution in [0.2, 0.25) is 0 Å². The molecule has 24 heavy (non-hydrogen) atoms. The predicted octanol–water partition coefficient (Wildman–Crippen LogP) is 0.407. The summed E-state index contributed by atoms with van der Waals surface area (Å²) in [5, 5.41) is 9.50. The van der Waals surface area contributed by atoms with Crippen LogP contribution in [0.4, 0.5) is 5.82 Å². The van der Waals surface area contributed by atoms with Crippen LogP contribution in [0.1, 0.15) is 38.7 Å². The van der Waals surface area contributed by atoms with E-state index in [1.54, 1.807) is 7.05 Å². The Morgan fingerprint density at radius 1 is 1.08 bits per heavy atom. The summed E-state index contributed by atoms with van der Waals surface area (Å²) in [5.41, 5.74) is -0.830. The van der Waals surface area contributed by atoms with Crippen molar-refractivity contribution in [1.29, 1.82) is 5.26 Å². The average molecular weight is 331 g/mol. The molecular formula is C17H25N5O2. The second-order valence-electron chi connectivity index (χ2n) is 7.18. The molecule has 2 bridgehead atoms. The summed E-state index contributed by atoms with van der Waals surface area (Å²) in [7, 11) is 3.06. The number of rotatable bonds is 2. The van der Waals surface area contributed by atoms with E-state index in [1.807, 2.05) is 6.07 Å². The van der Waals surface area contributed by atoms with Gasteiger partial charge in [-0.3, -0.25) is 18.8 Å². The molecule has 0 amide bonds. The Kier molecular flexibility index (Phi) is 4.26. The molecule has 0 saturated carbocycles. The van der Waals surface area contributed by atoms with Crippen molar-refractivity contribution in [3.63, 3.8) is 0 Å². The van der Waals surface area contributed by atoms with Gasteiger partial charge in [0.15, 0.2) is 5.56 Å². The van der Waals surface area contributed by atoms with Crippen LogP contribution < -0.4 is 16.1 Å². The van der Waals surface area contributed by atoms with Crippen molar-refractivity contribution in [2.45, 2.75) is 51.2 Å². The van der Waals surface area contributed by atoms with Crippen molar-refractivity contribution in [2.24, 2.45) is 14.1 Å². The van der Waals surface area contributed by atoms with Gasteiger partial charge in [0, 0.05) is 45.3 Å². The van der Waals surface area contributed by atoms with Crippen LogP contribution in [-0.2, 0) is 14.1 Å². The molecule has 2 fully saturated rings. The fourth-order valence-corrected chi connectivity index (χ4v) is 4.45. The number of nitriles is 1. The molecule has 2 saturated heterocycles. The zero-order valence-corrected chi connectivity index (χ0v) is 14.8. The van der Waals surface area contributed by atoms with Gasteiger partial charge >= 0.3 is 5.69 Å². The monoisotopic (exact) mass is 331 g/mol. The van der Waals surface area contributed by atoms with Gasteiger partial charge in [0.1, 0.15) is 11.9 Å². The van der Waals surface area contributed by atoms with E-state index in [1.165, 1.54) is 18.0 Å². The van der Waals surface area contributed by atoms with Crippen molar-refractivity contribution in [2.75, 3.05) is 18.0 Å². The largest absolute Gasteiger partial charge is 0.355 e. The molecule has 2 aliphatic rings. The Balaban J connectivity index is 2.07. The highest BCUT2D eigenvalue weighted by molar-refractivity contribution is 5.54. The Labute approximate surface area is 141 Å². The van der Waals surface area contributed by atoms with Gasteiger partial charge in [0.25, 0.3) is 5.56 Å². The number of fused-ring (bicyclic) bond motifs is 2. The summed E-state index contributed by atoms with van der Waals surface area (Å²) >= 11 is 0. The third-order valence-corrected chi connectivity index (χ3v) is 5.48. The van der Waals surface area contributed by atoms with Crippen LogP contribution in [0.25, 0.3) is 0 Å². The van der Waals surface area contributed by atoms with Gasteiger partial charge in [0.05, 0.1) is 0 Å². The summed E-state index contributed by atoms with van der Waals surface area (Å²) < 4.78 is 2.45. The summed E-state index contributed by atoms with van der Waals surface area (Å²) in [6, 6.07) is 3.45. The van der Waals surface area contributed by atoms with E-state index < -0.39 is 5.56 Å². The fourth-order valence-electron chi connectivity index (χ4n) is 4.45. The molecule has 0 spiro atoms. The average Bonchev–Trinajstić information content (AvgIpc) is 2.84. The topological polar surface area (TPSA) is 74.3 Å². The van der Waals surface area contributed by atoms with E-state index in [9.17, 15) is 14.9 Å². The lowest BCUT2D eigenvalue weighted by Crippen LogP contribution is -2.46. The van der Waals surface area contributed by atoms with E-state index in [4.69, 9.17) is 0 Å². The Hall–Kier alpha value is -2.07. The SMILES string of the molecule is CC(C)N1C2CCC1CN(c1c(C#N)c(=O)n(C)c(=O)n1C)CC2. The Morgan fingerprint density at radius 3 is 2.38 bits per heavy atom. The molecule has 2 unspecified atom stereocenters. The van der Waals surface area contributed by atoms with E-state index in [-0.39, 0.29) is 11.3 Å². The van der Waals surface area contributed by atoms with E-state index in [0.717, 1.165) is 30.5 Å². The number of hydrogen-bond donors (Lipinski definition) is 0. The summed E-state index contributed by atoms with van der Waals surface area (Å²) in [5.74, 6) is 0.474. The minimum Gasteiger partial charge on any atom is -0.355 e. The maximum atomic E-state index is 12.3. The minimum absolute atomic E-state index is 0.0634. The lowest BCUT2D eigenvalue weighted by atomic mass is 10.1. The molecular weight excluding hydrogens is 306 g/mol. The molecule has 7 heteroatoms. The highest BCUT2D eigenvalue weighted by Gasteiger charge is 2.39. The van der Waals surface area contributed by atoms with Gasteiger partial charge < -0.3 is 4.90 Å². The van der Waals surface area contributed by atoms with Crippen molar-refractivity contribution in [3.8, 4) is 6.07 Å². The normalized spacial score (nSPS) is 24.2. The highest BCUT2D eigenvalue weighted by atomic mass is 16.2. The molecule has 0 radical (unpaired) electrons. The number of anilines is 1. The second-order valence-corrected chi connectivity index (χ2v) is 7.18. The summed E-state index contributed by atoms with van der Waals surface area (Å²) in [6.45, 7) is 5.95. The molecule has 0 N–H and O–H groups in total. The Bertz CT molecular complexity index is 801. The fraction of sp³-hybridized carbons (Fsp3) is 0.706. The summed E-state index contributed by atoms with van der Waals surface area (Å²) in [6.07, 6.45) is 3.32. The molecule has 0 aliphatic carbocycles. The van der Waals surface area contributed by atoms with Gasteiger partial charge in [-0.05, 0) is 33.1 Å². The molecule has 2 atom stereocenters. The zero-order valence-electron chi connectivity index (χ0n) is 14.8. The van der Waals surface area contributed by atoms with Crippen molar-refractivity contribution in [1.82, 2.24) is 14.0 Å². The van der Waals surface area contributed by atoms with Crippen LogP contribution in [-0.4, -0.2) is 45.2 Å². The molecule has 7 nitrogen and oxygen atoms in total. The van der Waals surface area contributed by atoms with Crippen LogP contribution in [0, 0.1) is 11.3 Å². The van der Waals surface area contributed by atoms with Crippen molar-refractivity contribution < 1.29 is 0 Å². The molecule has 1 aromatic heterocycles. The summed E-state index contributed by atoms with van der Waals surface area (Å²) in [4.78, 5) is 29.3. The zero-order chi connectivity index (χ0) is 17.6. The smallest absolute Gasteiger partial charge is 0.332 e. The highest BCUT2D eigenvalue weighted by Crippen LogP contribution is 2.33. The van der Waals surface area contributed by atoms with Gasteiger partial charge in [-0.1, -0.05) is 0 Å². The van der Waals surface area contributed by atoms with Crippen molar-refractivity contribution in [3.05, 3.63) is 26.4 Å². The lowest BCUT2D eigenvalue weighted by Gasteiger charge is -2.33. The van der Waals surface area contributed by atoms with Gasteiger partial charge in [-0.2, -0.15) is 5.26 Å². The van der Waals surface area contributed by atoms with Gasteiger partial charge in [-0.25, -0.2) is 4.79 Å².